The number of aliphatic carboxylic acids is 1. The first-order chi connectivity index (χ1) is 18.6. The third kappa shape index (κ3) is 8.98. The van der Waals surface area contributed by atoms with Crippen LogP contribution in [0.3, 0.4) is 0 Å². The van der Waals surface area contributed by atoms with Gasteiger partial charge < -0.3 is 15.2 Å². The number of carboxylic acids is 1. The van der Waals surface area contributed by atoms with Gasteiger partial charge in [-0.25, -0.2) is 0 Å². The molecule has 3 aromatic carbocycles. The lowest BCUT2D eigenvalue weighted by Gasteiger charge is -2.21. The van der Waals surface area contributed by atoms with Crippen LogP contribution < -0.4 is 10.1 Å². The Morgan fingerprint density at radius 2 is 1.62 bits per heavy atom. The van der Waals surface area contributed by atoms with Gasteiger partial charge in [0.15, 0.2) is 0 Å². The van der Waals surface area contributed by atoms with Crippen molar-refractivity contribution >= 4 is 11.9 Å². The van der Waals surface area contributed by atoms with Gasteiger partial charge >= 0.3 is 5.97 Å². The van der Waals surface area contributed by atoms with E-state index in [1.807, 2.05) is 18.2 Å². The Balaban J connectivity index is 1.75. The van der Waals surface area contributed by atoms with Crippen LogP contribution in [-0.4, -0.2) is 23.5 Å². The van der Waals surface area contributed by atoms with Crippen LogP contribution in [0, 0.1) is 6.92 Å². The van der Waals surface area contributed by atoms with Crippen LogP contribution in [0.2, 0.25) is 0 Å². The number of unbranched alkanes of at least 4 members (excludes halogenated alkanes) is 3. The monoisotopic (exact) mass is 529 g/mol. The molecule has 0 aromatic heterocycles. The van der Waals surface area contributed by atoms with Crippen molar-refractivity contribution < 1.29 is 19.4 Å². The lowest BCUT2D eigenvalue weighted by Crippen LogP contribution is -2.26. The predicted molar refractivity (Wildman–Crippen MR) is 158 cm³/mol. The highest BCUT2D eigenvalue weighted by Gasteiger charge is 2.17. The lowest BCUT2D eigenvalue weighted by atomic mass is 9.86. The molecule has 0 bridgehead atoms. The molecule has 0 spiro atoms. The fraction of sp³-hybridized carbons (Fsp3) is 0.412. The lowest BCUT2D eigenvalue weighted by molar-refractivity contribution is -0.136. The number of amides is 1. The normalized spacial score (nSPS) is 12.1. The van der Waals surface area contributed by atoms with E-state index in [-0.39, 0.29) is 30.4 Å². The van der Waals surface area contributed by atoms with E-state index in [2.05, 4.69) is 76.3 Å². The molecule has 0 fully saturated rings. The van der Waals surface area contributed by atoms with Crippen molar-refractivity contribution in [3.8, 4) is 16.9 Å². The average Bonchev–Trinajstić information content (AvgIpc) is 2.90. The van der Waals surface area contributed by atoms with Crippen LogP contribution in [0.1, 0.15) is 99.4 Å². The van der Waals surface area contributed by atoms with Crippen molar-refractivity contribution in [1.29, 1.82) is 0 Å². The van der Waals surface area contributed by atoms with E-state index in [4.69, 9.17) is 9.84 Å². The Morgan fingerprint density at radius 1 is 0.923 bits per heavy atom. The van der Waals surface area contributed by atoms with Crippen molar-refractivity contribution in [2.24, 2.45) is 0 Å². The zero-order valence-electron chi connectivity index (χ0n) is 24.0. The van der Waals surface area contributed by atoms with Crippen molar-refractivity contribution in [2.45, 2.75) is 84.7 Å². The number of hydrogen-bond donors (Lipinski definition) is 2. The molecular weight excluding hydrogens is 486 g/mol. The first-order valence-electron chi connectivity index (χ1n) is 14.1. The number of aryl methyl sites for hydroxylation is 1. The van der Waals surface area contributed by atoms with E-state index in [0.717, 1.165) is 36.1 Å². The molecule has 0 radical (unpaired) electrons. The van der Waals surface area contributed by atoms with Gasteiger partial charge in [-0.05, 0) is 77.3 Å². The molecule has 208 valence electrons. The topological polar surface area (TPSA) is 75.6 Å². The molecule has 0 aliphatic rings. The number of carbonyl (C=O) groups excluding carboxylic acids is 1. The summed E-state index contributed by atoms with van der Waals surface area (Å²) >= 11 is 0. The van der Waals surface area contributed by atoms with Crippen LogP contribution in [0.5, 0.6) is 5.75 Å². The molecule has 0 aliphatic carbocycles. The van der Waals surface area contributed by atoms with Crippen LogP contribution >= 0.6 is 0 Å². The average molecular weight is 530 g/mol. The predicted octanol–water partition coefficient (Wildman–Crippen LogP) is 8.25. The molecule has 0 heterocycles. The number of benzene rings is 3. The fourth-order valence-corrected chi connectivity index (χ4v) is 4.63. The molecule has 0 saturated heterocycles. The van der Waals surface area contributed by atoms with Crippen molar-refractivity contribution in [2.75, 3.05) is 6.54 Å². The Kier molecular flexibility index (Phi) is 10.7. The summed E-state index contributed by atoms with van der Waals surface area (Å²) in [6.07, 6.45) is 5.26. The fourth-order valence-electron chi connectivity index (χ4n) is 4.63. The molecular formula is C34H43NO4. The third-order valence-electron chi connectivity index (χ3n) is 7.03. The molecule has 3 rings (SSSR count). The van der Waals surface area contributed by atoms with Gasteiger partial charge in [-0.3, -0.25) is 9.59 Å². The highest BCUT2D eigenvalue weighted by Crippen LogP contribution is 2.33. The van der Waals surface area contributed by atoms with E-state index in [1.54, 1.807) is 12.1 Å². The Labute approximate surface area is 233 Å². The van der Waals surface area contributed by atoms with Gasteiger partial charge in [-0.1, -0.05) is 89.4 Å². The molecule has 5 nitrogen and oxygen atoms in total. The molecule has 1 unspecified atom stereocenters. The highest BCUT2D eigenvalue weighted by molar-refractivity contribution is 5.94. The standard InChI is InChI=1S/C34H43NO4/c1-6-7-8-9-10-31(26-11-13-27(14-12-26)33(38)35-22-21-32(36)37)39-29-19-20-30(24(2)23-29)25-15-17-28(18-16-25)34(3,4)5/h11-20,23,31H,6-10,21-22H2,1-5H3,(H,35,38)(H,36,37). The van der Waals surface area contributed by atoms with Gasteiger partial charge in [0.2, 0.25) is 0 Å². The Hall–Kier alpha value is -3.60. The minimum absolute atomic E-state index is 0.0993. The van der Waals surface area contributed by atoms with Crippen LogP contribution in [0.4, 0.5) is 0 Å². The second-order valence-electron chi connectivity index (χ2n) is 11.3. The van der Waals surface area contributed by atoms with E-state index < -0.39 is 5.97 Å². The summed E-state index contributed by atoms with van der Waals surface area (Å²) < 4.78 is 6.54. The quantitative estimate of drug-likeness (QED) is 0.219. The molecule has 2 N–H and O–H groups in total. The largest absolute Gasteiger partial charge is 0.486 e. The summed E-state index contributed by atoms with van der Waals surface area (Å²) in [4.78, 5) is 23.1. The summed E-state index contributed by atoms with van der Waals surface area (Å²) in [5, 5.41) is 11.4. The first kappa shape index (κ1) is 29.9. The molecule has 3 aromatic rings. The smallest absolute Gasteiger partial charge is 0.305 e. The summed E-state index contributed by atoms with van der Waals surface area (Å²) in [6.45, 7) is 11.1. The number of nitrogens with one attached hydrogen (secondary N) is 1. The van der Waals surface area contributed by atoms with E-state index >= 15 is 0 Å². The van der Waals surface area contributed by atoms with Crippen LogP contribution in [0.15, 0.2) is 66.7 Å². The molecule has 1 atom stereocenters. The summed E-state index contributed by atoms with van der Waals surface area (Å²) in [6, 6.07) is 22.5. The van der Waals surface area contributed by atoms with Gasteiger partial charge in [0.05, 0.1) is 6.42 Å². The molecule has 0 aliphatic heterocycles. The number of rotatable bonds is 13. The SMILES string of the molecule is CCCCCCC(Oc1ccc(-c2ccc(C(C)(C)C)cc2)c(C)c1)c1ccc(C(=O)NCCC(=O)O)cc1. The van der Waals surface area contributed by atoms with Crippen molar-refractivity contribution in [1.82, 2.24) is 5.32 Å². The Bertz CT molecular complexity index is 1220. The maximum atomic E-state index is 12.4. The van der Waals surface area contributed by atoms with Crippen molar-refractivity contribution in [3.63, 3.8) is 0 Å². The molecule has 0 saturated carbocycles. The Morgan fingerprint density at radius 3 is 2.21 bits per heavy atom. The zero-order chi connectivity index (χ0) is 28.4. The van der Waals surface area contributed by atoms with Gasteiger partial charge in [0.1, 0.15) is 11.9 Å². The second-order valence-corrected chi connectivity index (χ2v) is 11.3. The zero-order valence-corrected chi connectivity index (χ0v) is 24.0. The maximum absolute atomic E-state index is 12.4. The molecule has 39 heavy (non-hydrogen) atoms. The first-order valence-corrected chi connectivity index (χ1v) is 14.1. The summed E-state index contributed by atoms with van der Waals surface area (Å²) in [5.41, 5.74) is 6.52. The van der Waals surface area contributed by atoms with Gasteiger partial charge in [0.25, 0.3) is 5.91 Å². The van der Waals surface area contributed by atoms with Gasteiger partial charge in [-0.2, -0.15) is 0 Å². The van der Waals surface area contributed by atoms with Gasteiger partial charge in [0, 0.05) is 12.1 Å². The minimum Gasteiger partial charge on any atom is -0.486 e. The third-order valence-corrected chi connectivity index (χ3v) is 7.03. The number of carbonyl (C=O) groups is 2. The maximum Gasteiger partial charge on any atom is 0.305 e. The second kappa shape index (κ2) is 14.0. The minimum atomic E-state index is -0.935. The van der Waals surface area contributed by atoms with E-state index in [9.17, 15) is 9.59 Å². The number of ether oxygens (including phenoxy) is 1. The van der Waals surface area contributed by atoms with Crippen LogP contribution in [0.25, 0.3) is 11.1 Å². The van der Waals surface area contributed by atoms with Crippen LogP contribution in [-0.2, 0) is 10.2 Å². The highest BCUT2D eigenvalue weighted by atomic mass is 16.5. The molecule has 5 heteroatoms. The summed E-state index contributed by atoms with van der Waals surface area (Å²) in [5.74, 6) is -0.376. The number of carboxylic acid groups (broad SMARTS) is 1. The van der Waals surface area contributed by atoms with Crippen molar-refractivity contribution in [3.05, 3.63) is 89.0 Å². The summed E-state index contributed by atoms with van der Waals surface area (Å²) in [7, 11) is 0. The van der Waals surface area contributed by atoms with E-state index in [0.29, 0.717) is 5.56 Å². The molecule has 1 amide bonds. The van der Waals surface area contributed by atoms with E-state index in [1.165, 1.54) is 29.5 Å². The van der Waals surface area contributed by atoms with Gasteiger partial charge in [-0.15, -0.1) is 0 Å². The number of hydrogen-bond acceptors (Lipinski definition) is 3.